The Morgan fingerprint density at radius 2 is 0.655 bits per heavy atom. The summed E-state index contributed by atoms with van der Waals surface area (Å²) in [6, 6.07) is 0. The van der Waals surface area contributed by atoms with Crippen LogP contribution in [0.1, 0.15) is 296 Å². The second kappa shape index (κ2) is 67.6. The molecule has 0 aromatic heterocycles. The Morgan fingerprint density at radius 1 is 0.356 bits per heavy atom. The van der Waals surface area contributed by atoms with Gasteiger partial charge in [-0.1, -0.05) is 296 Å². The highest BCUT2D eigenvalue weighted by molar-refractivity contribution is 5.71. The van der Waals surface area contributed by atoms with Crippen LogP contribution in [0.15, 0.2) is 122 Å². The van der Waals surface area contributed by atoms with Gasteiger partial charge in [0.1, 0.15) is 13.2 Å². The summed E-state index contributed by atoms with van der Waals surface area (Å²) in [5.41, 5.74) is 0. The second-order valence-electron chi connectivity index (χ2n) is 24.8. The van der Waals surface area contributed by atoms with Gasteiger partial charge in [0.25, 0.3) is 6.29 Å². The maximum absolute atomic E-state index is 12.9. The van der Waals surface area contributed by atoms with Crippen molar-refractivity contribution in [1.29, 1.82) is 0 Å². The van der Waals surface area contributed by atoms with E-state index in [-0.39, 0.29) is 32.2 Å². The minimum atomic E-state index is -1.52. The van der Waals surface area contributed by atoms with Gasteiger partial charge in [-0.05, 0) is 109 Å². The highest BCUT2D eigenvalue weighted by Gasteiger charge is 2.25. The Morgan fingerprint density at radius 3 is 0.989 bits per heavy atom. The summed E-state index contributed by atoms with van der Waals surface area (Å²) in [4.78, 5) is 37.6. The van der Waals surface area contributed by atoms with Gasteiger partial charge in [-0.2, -0.15) is 0 Å². The van der Waals surface area contributed by atoms with E-state index >= 15 is 0 Å². The Bertz CT molecular complexity index is 1840. The van der Waals surface area contributed by atoms with Crippen LogP contribution < -0.4 is 0 Å². The van der Waals surface area contributed by atoms with Gasteiger partial charge in [0.2, 0.25) is 0 Å². The summed E-state index contributed by atoms with van der Waals surface area (Å²) in [6.07, 6.45) is 93.1. The van der Waals surface area contributed by atoms with E-state index in [1.165, 1.54) is 154 Å². The Balaban J connectivity index is 4.19. The molecule has 498 valence electrons. The molecule has 0 aliphatic heterocycles. The fourth-order valence-electron chi connectivity index (χ4n) is 9.77. The van der Waals surface area contributed by atoms with Crippen molar-refractivity contribution >= 4 is 17.9 Å². The molecule has 0 saturated heterocycles. The summed E-state index contributed by atoms with van der Waals surface area (Å²) in [5, 5.41) is 9.75. The fourth-order valence-corrected chi connectivity index (χ4v) is 9.77. The van der Waals surface area contributed by atoms with Crippen LogP contribution in [0, 0.1) is 0 Å². The lowest BCUT2D eigenvalue weighted by atomic mass is 10.0. The van der Waals surface area contributed by atoms with Gasteiger partial charge in [-0.15, -0.1) is 0 Å². The molecule has 0 heterocycles. The van der Waals surface area contributed by atoms with Gasteiger partial charge in [-0.25, -0.2) is 4.79 Å². The number of ether oxygens (including phenoxy) is 4. The number of hydrogen-bond donors (Lipinski definition) is 1. The predicted octanol–water partition coefficient (Wildman–Crippen LogP) is 22.4. The minimum absolute atomic E-state index is 0.178. The van der Waals surface area contributed by atoms with Crippen LogP contribution in [0.4, 0.5) is 0 Å². The van der Waals surface area contributed by atoms with Crippen LogP contribution in [0.5, 0.6) is 0 Å². The third-order valence-corrected chi connectivity index (χ3v) is 15.2. The van der Waals surface area contributed by atoms with E-state index in [1.54, 1.807) is 0 Å². The van der Waals surface area contributed by atoms with Crippen molar-refractivity contribution in [2.75, 3.05) is 47.5 Å². The number of likely N-dealkylation sites (N-methyl/N-ethyl adjacent to an activating group) is 1. The molecule has 0 bridgehead atoms. The van der Waals surface area contributed by atoms with E-state index in [9.17, 15) is 19.5 Å². The summed E-state index contributed by atoms with van der Waals surface area (Å²) in [6.45, 7) is 4.76. The molecule has 9 heteroatoms. The van der Waals surface area contributed by atoms with Crippen molar-refractivity contribution in [2.45, 2.75) is 309 Å². The zero-order chi connectivity index (χ0) is 63.3. The number of carbonyl (C=O) groups is 3. The maximum Gasteiger partial charge on any atom is 0.361 e. The highest BCUT2D eigenvalue weighted by atomic mass is 16.7. The summed E-state index contributed by atoms with van der Waals surface area (Å²) < 4.78 is 23.0. The molecule has 0 aliphatic carbocycles. The molecule has 1 N–H and O–H groups in total. The molecule has 0 amide bonds. The van der Waals surface area contributed by atoms with Crippen molar-refractivity contribution < 1.29 is 42.9 Å². The summed E-state index contributed by atoms with van der Waals surface area (Å²) in [7, 11) is 5.97. The number of quaternary nitrogens is 1. The number of rotatable bonds is 65. The zero-order valence-electron chi connectivity index (χ0n) is 56.9. The van der Waals surface area contributed by atoms with E-state index in [0.29, 0.717) is 23.9 Å². The average molecular weight is 1210 g/mol. The third-order valence-electron chi connectivity index (χ3n) is 15.2. The number of unbranched alkanes of at least 4 members (excludes halogenated alkanes) is 30. The largest absolute Gasteiger partial charge is 0.477 e. The number of nitrogens with zero attached hydrogens (tertiary/aromatic N) is 1. The molecule has 87 heavy (non-hydrogen) atoms. The highest BCUT2D eigenvalue weighted by Crippen LogP contribution is 2.17. The molecule has 0 saturated carbocycles. The first-order chi connectivity index (χ1) is 42.6. The SMILES string of the molecule is CC/C=C\C/C=C\C/C=C\C/C=C\C/C=C\C/C=C\C/C=C\C/C=C\C/C=C\CCCCCCCC(=O)OC(COC(=O)CCCCCCCCCCCCCCCCCCC/C=C\CCCCCCCCCC)COC(OCC[N+](C)(C)C)C(=O)O. The van der Waals surface area contributed by atoms with Crippen LogP contribution in [0.25, 0.3) is 0 Å². The van der Waals surface area contributed by atoms with Gasteiger partial charge in [0, 0.05) is 12.8 Å². The van der Waals surface area contributed by atoms with Crippen molar-refractivity contribution in [3.63, 3.8) is 0 Å². The predicted molar refractivity (Wildman–Crippen MR) is 373 cm³/mol. The van der Waals surface area contributed by atoms with E-state index in [0.717, 1.165) is 109 Å². The molecule has 2 unspecified atom stereocenters. The van der Waals surface area contributed by atoms with Crippen molar-refractivity contribution in [2.24, 2.45) is 0 Å². The molecule has 0 aromatic rings. The molecule has 0 radical (unpaired) electrons. The second-order valence-corrected chi connectivity index (χ2v) is 24.8. The molecule has 2 atom stereocenters. The molecule has 0 spiro atoms. The molecular formula is C78H134NO8+. The van der Waals surface area contributed by atoms with E-state index in [1.807, 2.05) is 21.1 Å². The lowest BCUT2D eigenvalue weighted by molar-refractivity contribution is -0.870. The molecule has 0 rings (SSSR count). The normalized spacial score (nSPS) is 13.4. The molecule has 0 aromatic carbocycles. The first-order valence-corrected chi connectivity index (χ1v) is 35.7. The Kier molecular flexibility index (Phi) is 64.3. The Hall–Kier alpha value is -4.31. The topological polar surface area (TPSA) is 108 Å². The number of esters is 2. The van der Waals surface area contributed by atoms with Crippen LogP contribution in [-0.2, 0) is 33.3 Å². The standard InChI is InChI=1S/C78H133NO8/c1-6-8-10-12-14-16-18-20-22-24-26-28-30-32-34-36-37-38-39-41-43-45-47-49-51-53-55-57-59-61-63-65-67-69-76(81)87-74(73-86-78(77(82)83)84-71-70-79(3,4)5)72-85-75(80)68-66-64-62-60-58-56-54-52-50-48-46-44-42-40-35-33-31-29-27-25-23-21-19-17-15-13-11-9-7-2/h8,10,14,16,20,22,25-28,32,34,37-38,41,43,47,49,53,55,74,78H,6-7,9,11-13,15,17-19,21,23-24,29-31,33,35-36,39-40,42,44-46,48,50-52,54,56-73H2,1-5H3/p+1/b10-8-,16-14-,22-20-,27-25-,28-26-,34-32-,38-37-,43-41-,49-47-,55-53-. The van der Waals surface area contributed by atoms with Crippen molar-refractivity contribution in [3.8, 4) is 0 Å². The van der Waals surface area contributed by atoms with Crippen molar-refractivity contribution in [3.05, 3.63) is 122 Å². The Labute approximate surface area is 536 Å². The minimum Gasteiger partial charge on any atom is -0.477 e. The number of carboxylic acid groups (broad SMARTS) is 1. The molecule has 0 fully saturated rings. The van der Waals surface area contributed by atoms with E-state index in [2.05, 4.69) is 135 Å². The van der Waals surface area contributed by atoms with Gasteiger partial charge >= 0.3 is 17.9 Å². The lowest BCUT2D eigenvalue weighted by Crippen LogP contribution is -2.40. The van der Waals surface area contributed by atoms with Gasteiger partial charge in [-0.3, -0.25) is 9.59 Å². The average Bonchev–Trinajstić information content (AvgIpc) is 3.59. The summed E-state index contributed by atoms with van der Waals surface area (Å²) >= 11 is 0. The smallest absolute Gasteiger partial charge is 0.361 e. The monoisotopic (exact) mass is 1210 g/mol. The first-order valence-electron chi connectivity index (χ1n) is 35.7. The van der Waals surface area contributed by atoms with Crippen molar-refractivity contribution in [1.82, 2.24) is 0 Å². The molecule has 0 aliphatic rings. The van der Waals surface area contributed by atoms with E-state index < -0.39 is 24.3 Å². The maximum atomic E-state index is 12.9. The van der Waals surface area contributed by atoms with Crippen LogP contribution in [0.3, 0.4) is 0 Å². The molecule has 9 nitrogen and oxygen atoms in total. The van der Waals surface area contributed by atoms with E-state index in [4.69, 9.17) is 18.9 Å². The van der Waals surface area contributed by atoms with Gasteiger partial charge in [0.15, 0.2) is 6.10 Å². The van der Waals surface area contributed by atoms with Crippen LogP contribution in [-0.4, -0.2) is 87.4 Å². The number of allylic oxidation sites excluding steroid dienone is 20. The lowest BCUT2D eigenvalue weighted by Gasteiger charge is -2.25. The quantitative estimate of drug-likeness (QED) is 0.0211. The number of carbonyl (C=O) groups excluding carboxylic acids is 2. The zero-order valence-corrected chi connectivity index (χ0v) is 56.9. The van der Waals surface area contributed by atoms with Gasteiger partial charge in [0.05, 0.1) is 34.4 Å². The fraction of sp³-hybridized carbons (Fsp3) is 0.705. The van der Waals surface area contributed by atoms with Crippen LogP contribution >= 0.6 is 0 Å². The van der Waals surface area contributed by atoms with Gasteiger partial charge < -0.3 is 28.5 Å². The molecular weight excluding hydrogens is 1080 g/mol. The number of carboxylic acids is 1. The third kappa shape index (κ3) is 69.0. The summed E-state index contributed by atoms with van der Waals surface area (Å²) in [5.74, 6) is -2.03. The first kappa shape index (κ1) is 82.7. The van der Waals surface area contributed by atoms with Crippen LogP contribution in [0.2, 0.25) is 0 Å². The number of aliphatic carboxylic acids is 1. The number of hydrogen-bond acceptors (Lipinski definition) is 7.